The molecule has 0 bridgehead atoms. The molecule has 1 aromatic rings. The minimum Gasteiger partial charge on any atom is -0.481 e. The number of methoxy groups -OCH3 is 1. The van der Waals surface area contributed by atoms with Gasteiger partial charge in [0.15, 0.2) is 0 Å². The van der Waals surface area contributed by atoms with E-state index in [9.17, 15) is 13.6 Å². The second-order valence-electron chi connectivity index (χ2n) is 2.77. The van der Waals surface area contributed by atoms with E-state index >= 15 is 0 Å². The van der Waals surface area contributed by atoms with Gasteiger partial charge in [-0.15, -0.1) is 0 Å². The maximum atomic E-state index is 12.5. The number of aliphatic carboxylic acids is 1. The van der Waals surface area contributed by atoms with E-state index in [4.69, 9.17) is 5.11 Å². The Bertz CT molecular complexity index is 368. The molecule has 82 valence electrons. The summed E-state index contributed by atoms with van der Waals surface area (Å²) in [5, 5.41) is 8.50. The Balaban J connectivity index is 3.09. The Morgan fingerprint density at radius 3 is 2.73 bits per heavy atom. The summed E-state index contributed by atoms with van der Waals surface area (Å²) in [5.74, 6) is -1.14. The van der Waals surface area contributed by atoms with E-state index in [1.165, 1.54) is 19.2 Å². The van der Waals surface area contributed by atoms with Crippen LogP contribution in [-0.4, -0.2) is 23.2 Å². The molecule has 0 fully saturated rings. The van der Waals surface area contributed by atoms with Crippen LogP contribution in [0.1, 0.15) is 17.7 Å². The highest BCUT2D eigenvalue weighted by Crippen LogP contribution is 2.23. The minimum atomic E-state index is -2.81. The molecule has 0 amide bonds. The number of hydrogen-bond acceptors (Lipinski definition) is 3. The third-order valence-corrected chi connectivity index (χ3v) is 1.74. The summed E-state index contributed by atoms with van der Waals surface area (Å²) in [6.45, 7) is 0. The summed E-state index contributed by atoms with van der Waals surface area (Å²) < 4.78 is 29.6. The molecule has 15 heavy (non-hydrogen) atoms. The summed E-state index contributed by atoms with van der Waals surface area (Å²) >= 11 is 0. The highest BCUT2D eigenvalue weighted by atomic mass is 19.3. The van der Waals surface area contributed by atoms with Crippen molar-refractivity contribution in [1.82, 2.24) is 4.98 Å². The lowest BCUT2D eigenvalue weighted by atomic mass is 10.1. The maximum Gasteiger partial charge on any atom is 0.307 e. The number of halogens is 2. The third kappa shape index (κ3) is 2.87. The van der Waals surface area contributed by atoms with Crippen LogP contribution in [0, 0.1) is 0 Å². The Morgan fingerprint density at radius 2 is 2.27 bits per heavy atom. The molecule has 1 heterocycles. The highest BCUT2D eigenvalue weighted by molar-refractivity contribution is 5.70. The molecule has 1 rings (SSSR count). The number of hydrogen-bond donors (Lipinski definition) is 1. The molecule has 0 saturated carbocycles. The minimum absolute atomic E-state index is 0.00157. The zero-order valence-corrected chi connectivity index (χ0v) is 7.91. The topological polar surface area (TPSA) is 59.4 Å². The van der Waals surface area contributed by atoms with Crippen molar-refractivity contribution in [3.63, 3.8) is 0 Å². The number of aromatic nitrogens is 1. The number of pyridine rings is 1. The molecule has 0 aliphatic heterocycles. The number of nitrogens with zero attached hydrogens (tertiary/aromatic N) is 1. The van der Waals surface area contributed by atoms with Crippen LogP contribution in [0.5, 0.6) is 5.88 Å². The number of carboxylic acid groups (broad SMARTS) is 1. The van der Waals surface area contributed by atoms with Crippen LogP contribution in [0.4, 0.5) is 8.78 Å². The Labute approximate surface area is 84.5 Å². The van der Waals surface area contributed by atoms with Crippen molar-refractivity contribution in [3.05, 3.63) is 23.4 Å². The molecular formula is C9H9F2NO3. The second kappa shape index (κ2) is 4.68. The molecule has 6 heteroatoms. The van der Waals surface area contributed by atoms with Crippen LogP contribution in [0.25, 0.3) is 0 Å². The maximum absolute atomic E-state index is 12.5. The fourth-order valence-corrected chi connectivity index (χ4v) is 1.10. The molecule has 0 spiro atoms. The van der Waals surface area contributed by atoms with Gasteiger partial charge in [-0.2, -0.15) is 0 Å². The van der Waals surface area contributed by atoms with Gasteiger partial charge in [-0.3, -0.25) is 4.79 Å². The van der Waals surface area contributed by atoms with Crippen LogP contribution in [-0.2, 0) is 11.2 Å². The van der Waals surface area contributed by atoms with Gasteiger partial charge in [-0.25, -0.2) is 13.8 Å². The van der Waals surface area contributed by atoms with Gasteiger partial charge >= 0.3 is 5.97 Å². The van der Waals surface area contributed by atoms with E-state index in [0.29, 0.717) is 0 Å². The molecule has 0 unspecified atom stereocenters. The average Bonchev–Trinajstić information content (AvgIpc) is 2.17. The van der Waals surface area contributed by atoms with E-state index in [-0.39, 0.29) is 11.4 Å². The molecular weight excluding hydrogens is 208 g/mol. The standard InChI is InChI=1S/C9H9F2NO3/c1-15-6-3-2-5(4-7(13)14)8(12-6)9(10)11/h2-3,9H,4H2,1H3,(H,13,14). The van der Waals surface area contributed by atoms with Gasteiger partial charge in [0, 0.05) is 6.07 Å². The molecule has 0 saturated heterocycles. The predicted octanol–water partition coefficient (Wildman–Crippen LogP) is 1.65. The van der Waals surface area contributed by atoms with Crippen LogP contribution in [0.3, 0.4) is 0 Å². The summed E-state index contributed by atoms with van der Waals surface area (Å²) in [4.78, 5) is 13.9. The number of rotatable bonds is 4. The monoisotopic (exact) mass is 217 g/mol. The van der Waals surface area contributed by atoms with Gasteiger partial charge in [0.1, 0.15) is 5.69 Å². The lowest BCUT2D eigenvalue weighted by Gasteiger charge is -2.07. The van der Waals surface area contributed by atoms with E-state index in [1.807, 2.05) is 0 Å². The highest BCUT2D eigenvalue weighted by Gasteiger charge is 2.17. The van der Waals surface area contributed by atoms with E-state index in [2.05, 4.69) is 9.72 Å². The smallest absolute Gasteiger partial charge is 0.307 e. The van der Waals surface area contributed by atoms with Crippen molar-refractivity contribution in [3.8, 4) is 5.88 Å². The first-order chi connectivity index (χ1) is 7.04. The number of alkyl halides is 2. The second-order valence-corrected chi connectivity index (χ2v) is 2.77. The van der Waals surface area contributed by atoms with Crippen LogP contribution < -0.4 is 4.74 Å². The number of ether oxygens (including phenoxy) is 1. The van der Waals surface area contributed by atoms with E-state index < -0.39 is 24.5 Å². The van der Waals surface area contributed by atoms with Crippen molar-refractivity contribution in [1.29, 1.82) is 0 Å². The van der Waals surface area contributed by atoms with Crippen molar-refractivity contribution >= 4 is 5.97 Å². The lowest BCUT2D eigenvalue weighted by molar-refractivity contribution is -0.136. The summed E-state index contributed by atoms with van der Waals surface area (Å²) in [6.07, 6.45) is -3.29. The molecule has 0 aliphatic rings. The van der Waals surface area contributed by atoms with Crippen molar-refractivity contribution in [2.45, 2.75) is 12.8 Å². The third-order valence-electron chi connectivity index (χ3n) is 1.74. The van der Waals surface area contributed by atoms with Crippen molar-refractivity contribution in [2.75, 3.05) is 7.11 Å². The summed E-state index contributed by atoms with van der Waals surface area (Å²) in [7, 11) is 1.30. The number of carboxylic acids is 1. The molecule has 4 nitrogen and oxygen atoms in total. The van der Waals surface area contributed by atoms with Gasteiger partial charge in [-0.1, -0.05) is 6.07 Å². The fraction of sp³-hybridized carbons (Fsp3) is 0.333. The van der Waals surface area contributed by atoms with Crippen LogP contribution >= 0.6 is 0 Å². The molecule has 1 N–H and O–H groups in total. The normalized spacial score (nSPS) is 10.4. The van der Waals surface area contributed by atoms with Gasteiger partial charge in [0.2, 0.25) is 5.88 Å². The largest absolute Gasteiger partial charge is 0.481 e. The van der Waals surface area contributed by atoms with Gasteiger partial charge < -0.3 is 9.84 Å². The zero-order valence-electron chi connectivity index (χ0n) is 7.91. The van der Waals surface area contributed by atoms with E-state index in [1.54, 1.807) is 0 Å². The van der Waals surface area contributed by atoms with Gasteiger partial charge in [0.05, 0.1) is 13.5 Å². The molecule has 0 radical (unpaired) electrons. The quantitative estimate of drug-likeness (QED) is 0.833. The fourth-order valence-electron chi connectivity index (χ4n) is 1.10. The van der Waals surface area contributed by atoms with Crippen LogP contribution in [0.15, 0.2) is 12.1 Å². The zero-order chi connectivity index (χ0) is 11.4. The Morgan fingerprint density at radius 1 is 1.60 bits per heavy atom. The summed E-state index contributed by atoms with van der Waals surface area (Å²) in [6, 6.07) is 2.63. The summed E-state index contributed by atoms with van der Waals surface area (Å²) in [5.41, 5.74) is -0.546. The van der Waals surface area contributed by atoms with Crippen molar-refractivity contribution < 1.29 is 23.4 Å². The first-order valence-electron chi connectivity index (χ1n) is 4.08. The molecule has 0 aliphatic carbocycles. The predicted molar refractivity (Wildman–Crippen MR) is 47.1 cm³/mol. The Hall–Kier alpha value is -1.72. The lowest BCUT2D eigenvalue weighted by Crippen LogP contribution is -2.06. The van der Waals surface area contributed by atoms with Crippen LogP contribution in [0.2, 0.25) is 0 Å². The van der Waals surface area contributed by atoms with Crippen molar-refractivity contribution in [2.24, 2.45) is 0 Å². The first-order valence-corrected chi connectivity index (χ1v) is 4.08. The Kier molecular flexibility index (Phi) is 3.54. The molecule has 1 aromatic heterocycles. The van der Waals surface area contributed by atoms with Gasteiger partial charge in [0.25, 0.3) is 6.43 Å². The molecule has 0 aromatic carbocycles. The number of carbonyl (C=O) groups is 1. The average molecular weight is 217 g/mol. The SMILES string of the molecule is COc1ccc(CC(=O)O)c(C(F)F)n1. The molecule has 0 atom stereocenters. The van der Waals surface area contributed by atoms with Gasteiger partial charge in [-0.05, 0) is 5.56 Å². The van der Waals surface area contributed by atoms with E-state index in [0.717, 1.165) is 0 Å². The first kappa shape index (κ1) is 11.4.